The molecule has 0 fully saturated rings. The number of unbranched alkanes of at least 4 members (excludes halogenated alkanes) is 4. The normalized spacial score (nSPS) is 18.3. The molecule has 6 aromatic rings. The summed E-state index contributed by atoms with van der Waals surface area (Å²) in [6.45, 7) is 28.4. The lowest BCUT2D eigenvalue weighted by atomic mass is 9.80. The number of rotatable bonds is 42. The molecular weight excluding hydrogens is 1670 g/mol. The fourth-order valence-electron chi connectivity index (χ4n) is 19.0. The first-order valence-corrected chi connectivity index (χ1v) is 47.7. The Kier molecular flexibility index (Phi) is 29.8. The SMILES string of the molecule is CC[N+]1=C(C=CC=CC=C2N=C3C(=CC(c4ccccc4)=CN3CCCCCC(=O)NCCCN(C)CCCN3C(=O)c4ccc5c6c(ccc(c46)C3=O)C(=O)N(CCCN(C)CCCNC(=O)CCCCCN3C=C(c4ccccc4)C=C4C3=NC(=CC=CC=CC3=[N+](CC)c6ccc(S(=O)(=O)[O-])cc6C3(C)C)C4(C)C)C5=O)C2(C)C)C(C)(C)c2cc(SOO[O-])ccc21. The highest BCUT2D eigenvalue weighted by atomic mass is 32.2. The van der Waals surface area contributed by atoms with Gasteiger partial charge in [-0.05, 0) is 228 Å². The average molecular weight is 1790 g/mol. The summed E-state index contributed by atoms with van der Waals surface area (Å²) in [4.78, 5) is 105. The molecule has 680 valence electrons. The molecule has 0 bridgehead atoms. The minimum atomic E-state index is -4.61. The Morgan fingerprint density at radius 3 is 1.31 bits per heavy atom. The van der Waals surface area contributed by atoms with E-state index in [0.717, 1.165) is 172 Å². The molecule has 8 heterocycles. The maximum atomic E-state index is 14.2. The van der Waals surface area contributed by atoms with Crippen LogP contribution >= 0.6 is 12.0 Å². The van der Waals surface area contributed by atoms with Gasteiger partial charge in [0.25, 0.3) is 23.6 Å². The summed E-state index contributed by atoms with van der Waals surface area (Å²) in [5, 5.41) is 21.0. The van der Waals surface area contributed by atoms with Crippen molar-refractivity contribution in [2.75, 3.05) is 92.6 Å². The zero-order valence-corrected chi connectivity index (χ0v) is 78.4. The van der Waals surface area contributed by atoms with Crippen molar-refractivity contribution >= 4 is 114 Å². The summed E-state index contributed by atoms with van der Waals surface area (Å²) in [6.07, 6.45) is 37.6. The van der Waals surface area contributed by atoms with Crippen LogP contribution in [0.1, 0.15) is 210 Å². The van der Waals surface area contributed by atoms with Crippen LogP contribution in [0, 0.1) is 10.8 Å². The van der Waals surface area contributed by atoms with Crippen LogP contribution in [0.2, 0.25) is 0 Å². The van der Waals surface area contributed by atoms with E-state index in [1.165, 1.54) is 21.9 Å². The molecule has 0 radical (unpaired) electrons. The lowest BCUT2D eigenvalue weighted by Gasteiger charge is -2.32. The van der Waals surface area contributed by atoms with Crippen LogP contribution in [0.4, 0.5) is 11.4 Å². The van der Waals surface area contributed by atoms with Crippen molar-refractivity contribution in [1.82, 2.24) is 40.0 Å². The maximum absolute atomic E-state index is 14.2. The van der Waals surface area contributed by atoms with E-state index < -0.39 is 44.6 Å². The van der Waals surface area contributed by atoms with Crippen molar-refractivity contribution in [2.45, 2.75) is 167 Å². The molecule has 0 atom stereocenters. The highest BCUT2D eigenvalue weighted by Gasteiger charge is 2.48. The van der Waals surface area contributed by atoms with Crippen LogP contribution < -0.4 is 15.9 Å². The summed E-state index contributed by atoms with van der Waals surface area (Å²) in [5.74, 6) is 0.0227. The number of carbonyl (C=O) groups is 6. The maximum Gasteiger partial charge on any atom is 0.261 e. The number of hydrogen-bond donors (Lipinski definition) is 2. The van der Waals surface area contributed by atoms with Crippen LogP contribution in [-0.4, -0.2) is 203 Å². The molecule has 0 unspecified atom stereocenters. The molecule has 130 heavy (non-hydrogen) atoms. The number of amidine groups is 2. The van der Waals surface area contributed by atoms with Crippen LogP contribution in [0.15, 0.2) is 249 Å². The van der Waals surface area contributed by atoms with Crippen molar-refractivity contribution in [3.05, 3.63) is 274 Å². The summed E-state index contributed by atoms with van der Waals surface area (Å²) in [7, 11) is -0.645. The minimum Gasteiger partial charge on any atom is -0.744 e. The molecule has 8 aliphatic rings. The zero-order chi connectivity index (χ0) is 92.4. The summed E-state index contributed by atoms with van der Waals surface area (Å²) < 4.78 is 44.9. The third-order valence-corrected chi connectivity index (χ3v) is 27.8. The van der Waals surface area contributed by atoms with Crippen LogP contribution in [0.25, 0.3) is 21.9 Å². The van der Waals surface area contributed by atoms with E-state index in [2.05, 4.69) is 201 Å². The molecule has 0 aliphatic carbocycles. The van der Waals surface area contributed by atoms with Crippen LogP contribution in [0.3, 0.4) is 0 Å². The van der Waals surface area contributed by atoms with Gasteiger partial charge in [-0.3, -0.25) is 43.6 Å². The molecular formula is C104H120N12O12S2. The Balaban J connectivity index is 0.477. The van der Waals surface area contributed by atoms with Gasteiger partial charge in [-0.25, -0.2) is 18.4 Å². The molecule has 26 heteroatoms. The average Bonchev–Trinajstić information content (AvgIpc) is 1.68. The predicted octanol–water partition coefficient (Wildman–Crippen LogP) is 16.6. The Morgan fingerprint density at radius 2 is 0.900 bits per heavy atom. The first-order chi connectivity index (χ1) is 62.4. The van der Waals surface area contributed by atoms with Crippen LogP contribution in [0.5, 0.6) is 0 Å². The monoisotopic (exact) mass is 1790 g/mol. The standard InChI is InChI=1S/C104H120N12O12S2/c1-13-113-85-53-47-75(129-128-127-123)67-81(85)103(7,8)89(113)43-27-17-25-41-87-101(3,4)83-65-73(71-37-21-15-22-38-71)69-111(95(83)107-87)61-31-19-29-45-91(117)105-55-33-57-109(11)59-35-63-115-97(119)77-49-51-79-94-80(52-50-78(93(77)94)98(115)120)100(122)116(99(79)121)64-36-60-110(12)58-34-56-106-92(118)46-30-20-32-62-112-70-74(72-39-23-16-24-40-72)66-84-96(112)108-88(102(84,5)6)42-26-18-28-44-90-104(9,10)82-68-76(130(124,125)126)48-54-86(82)114(90)14-2/h15-18,21-28,37-44,47-54,65-70H,13-14,19-20,29-36,45-46,55-64H2,1-12H3,(H2-2,105,106,117,118,123,124,125,126). The molecule has 0 saturated carbocycles. The van der Waals surface area contributed by atoms with Gasteiger partial charge in [0, 0.05) is 160 Å². The molecule has 24 nitrogen and oxygen atoms in total. The number of imide groups is 2. The van der Waals surface area contributed by atoms with E-state index in [4.69, 9.17) is 9.98 Å². The van der Waals surface area contributed by atoms with E-state index in [1.807, 2.05) is 95.6 Å². The van der Waals surface area contributed by atoms with E-state index in [0.29, 0.717) is 88.7 Å². The lowest BCUT2D eigenvalue weighted by Crippen LogP contribution is -2.44. The Labute approximate surface area is 768 Å². The third kappa shape index (κ3) is 20.3. The van der Waals surface area contributed by atoms with Crippen LogP contribution in [-0.2, 0) is 39.9 Å². The second-order valence-corrected chi connectivity index (χ2v) is 38.7. The van der Waals surface area contributed by atoms with E-state index in [-0.39, 0.29) is 62.9 Å². The molecule has 0 aromatic heterocycles. The lowest BCUT2D eigenvalue weighted by molar-refractivity contribution is -0.777. The van der Waals surface area contributed by atoms with Crippen molar-refractivity contribution in [3.63, 3.8) is 0 Å². The van der Waals surface area contributed by atoms with Crippen molar-refractivity contribution in [2.24, 2.45) is 20.8 Å². The first kappa shape index (κ1) is 94.7. The molecule has 8 aliphatic heterocycles. The van der Waals surface area contributed by atoms with Gasteiger partial charge in [-0.2, -0.15) is 13.5 Å². The fraction of sp³-hybridized carbons (Fsp3) is 0.385. The van der Waals surface area contributed by atoms with Gasteiger partial charge in [0.2, 0.25) is 23.2 Å². The number of benzene rings is 6. The largest absolute Gasteiger partial charge is 0.744 e. The Morgan fingerprint density at radius 1 is 0.492 bits per heavy atom. The molecule has 0 spiro atoms. The fourth-order valence-corrected chi connectivity index (χ4v) is 19.9. The smallest absolute Gasteiger partial charge is 0.261 e. The van der Waals surface area contributed by atoms with Crippen molar-refractivity contribution in [1.29, 1.82) is 0 Å². The number of nitrogens with zero attached hydrogens (tertiary/aromatic N) is 10. The van der Waals surface area contributed by atoms with E-state index in [9.17, 15) is 47.0 Å². The highest BCUT2D eigenvalue weighted by Crippen LogP contribution is 2.50. The second kappa shape index (κ2) is 40.9. The van der Waals surface area contributed by atoms with Gasteiger partial charge in [-0.15, -0.1) is 0 Å². The zero-order valence-electron chi connectivity index (χ0n) is 76.8. The summed E-state index contributed by atoms with van der Waals surface area (Å²) >= 11 is 0.896. The molecule has 2 N–H and O–H groups in total. The molecule has 6 aromatic carbocycles. The third-order valence-electron chi connectivity index (χ3n) is 26.4. The van der Waals surface area contributed by atoms with Crippen molar-refractivity contribution < 1.29 is 65.5 Å². The Hall–Kier alpha value is -11.5. The highest BCUT2D eigenvalue weighted by molar-refractivity contribution is 7.94. The number of hydrogen-bond acceptors (Lipinski definition) is 19. The number of carbonyl (C=O) groups excluding carboxylic acids is 6. The van der Waals surface area contributed by atoms with Gasteiger partial charge >= 0.3 is 0 Å². The summed E-state index contributed by atoms with van der Waals surface area (Å²) in [5.41, 5.74) is 14.3. The first-order valence-electron chi connectivity index (χ1n) is 45.6. The number of allylic oxidation sites excluding steroid dienone is 16. The number of amides is 6. The minimum absolute atomic E-state index is 0.00378. The second-order valence-electron chi connectivity index (χ2n) is 36.6. The van der Waals surface area contributed by atoms with E-state index >= 15 is 0 Å². The summed E-state index contributed by atoms with van der Waals surface area (Å²) in [6, 6.07) is 37.8. The quantitative estimate of drug-likeness (QED) is 0.00526. The Bertz CT molecular complexity index is 5870. The molecule has 14 rings (SSSR count). The van der Waals surface area contributed by atoms with Crippen molar-refractivity contribution in [3.8, 4) is 0 Å². The van der Waals surface area contributed by atoms with Gasteiger partial charge in [0.15, 0.2) is 11.4 Å². The number of nitrogens with one attached hydrogen (secondary N) is 2. The predicted molar refractivity (Wildman–Crippen MR) is 511 cm³/mol. The molecule has 0 saturated heterocycles. The van der Waals surface area contributed by atoms with Gasteiger partial charge < -0.3 is 40.0 Å². The van der Waals surface area contributed by atoms with Gasteiger partial charge in [0.05, 0.1) is 39.2 Å². The topological polar surface area (TPSA) is 275 Å². The van der Waals surface area contributed by atoms with E-state index in [1.54, 1.807) is 30.3 Å². The van der Waals surface area contributed by atoms with Gasteiger partial charge in [0.1, 0.15) is 34.9 Å². The number of fused-ring (bicyclic) bond motifs is 4. The van der Waals surface area contributed by atoms with Gasteiger partial charge in [-0.1, -0.05) is 138 Å². The molecule has 6 amide bonds. The number of aliphatic imine (C=N–C) groups is 2.